The third-order valence-electron chi connectivity index (χ3n) is 4.35. The van der Waals surface area contributed by atoms with Crippen molar-refractivity contribution in [3.05, 3.63) is 17.5 Å². The number of ether oxygens (including phenoxy) is 1. The van der Waals surface area contributed by atoms with Crippen LogP contribution in [0.5, 0.6) is 5.06 Å². The summed E-state index contributed by atoms with van der Waals surface area (Å²) in [6, 6.07) is 3.73. The van der Waals surface area contributed by atoms with Crippen LogP contribution in [0.25, 0.3) is 0 Å². The summed E-state index contributed by atoms with van der Waals surface area (Å²) in [6.45, 7) is 13.7. The van der Waals surface area contributed by atoms with Gasteiger partial charge in [0.15, 0.2) is 5.06 Å². The Morgan fingerprint density at radius 1 is 1.44 bits per heavy atom. The molecular weight excluding hydrogens is 260 g/mol. The van der Waals surface area contributed by atoms with Crippen LogP contribution in [0.3, 0.4) is 0 Å². The lowest BCUT2D eigenvalue weighted by Gasteiger charge is -2.41. The first-order chi connectivity index (χ1) is 8.14. The molecule has 0 saturated heterocycles. The smallest absolute Gasteiger partial charge is 0.311 e. The summed E-state index contributed by atoms with van der Waals surface area (Å²) in [5.74, 6) is -0.102. The molecule has 0 aliphatic carbocycles. The zero-order valence-electron chi connectivity index (χ0n) is 12.2. The molecule has 1 aromatic heterocycles. The molecule has 0 aliphatic rings. The van der Waals surface area contributed by atoms with Crippen LogP contribution in [0.15, 0.2) is 17.5 Å². The van der Waals surface area contributed by atoms with Crippen molar-refractivity contribution >= 4 is 25.4 Å². The van der Waals surface area contributed by atoms with Crippen molar-refractivity contribution in [2.45, 2.75) is 57.8 Å². The third kappa shape index (κ3) is 3.69. The molecule has 0 aromatic carbocycles. The largest absolute Gasteiger partial charge is 0.415 e. The SMILES string of the molecule is CC(CC(=O)Oc1cccs1)[Si](C)(C)C(C)(C)C. The van der Waals surface area contributed by atoms with Gasteiger partial charge >= 0.3 is 5.97 Å². The molecule has 0 spiro atoms. The number of hydrogen-bond donors (Lipinski definition) is 0. The molecule has 1 unspecified atom stereocenters. The highest BCUT2D eigenvalue weighted by Gasteiger charge is 2.40. The minimum absolute atomic E-state index is 0.102. The van der Waals surface area contributed by atoms with Gasteiger partial charge in [-0.15, -0.1) is 11.3 Å². The van der Waals surface area contributed by atoms with Gasteiger partial charge in [-0.25, -0.2) is 0 Å². The summed E-state index contributed by atoms with van der Waals surface area (Å²) >= 11 is 1.46. The van der Waals surface area contributed by atoms with Crippen LogP contribution < -0.4 is 4.74 Å². The molecule has 0 fully saturated rings. The van der Waals surface area contributed by atoms with Crippen LogP contribution in [0, 0.1) is 0 Å². The lowest BCUT2D eigenvalue weighted by molar-refractivity contribution is -0.134. The summed E-state index contributed by atoms with van der Waals surface area (Å²) in [4.78, 5) is 11.9. The second-order valence-corrected chi connectivity index (χ2v) is 13.3. The number of hydrogen-bond acceptors (Lipinski definition) is 3. The topological polar surface area (TPSA) is 26.3 Å². The Balaban J connectivity index is 2.59. The minimum atomic E-state index is -1.47. The van der Waals surface area contributed by atoms with E-state index in [1.807, 2.05) is 17.5 Å². The van der Waals surface area contributed by atoms with Gasteiger partial charge in [0.05, 0.1) is 8.07 Å². The highest BCUT2D eigenvalue weighted by atomic mass is 32.1. The zero-order chi connectivity index (χ0) is 14.0. The quantitative estimate of drug-likeness (QED) is 0.578. The summed E-state index contributed by atoms with van der Waals surface area (Å²) < 4.78 is 5.33. The number of thiophene rings is 1. The van der Waals surface area contributed by atoms with E-state index in [1.165, 1.54) is 11.3 Å². The molecule has 0 saturated carbocycles. The Bertz CT molecular complexity index is 390. The maximum absolute atomic E-state index is 11.9. The van der Waals surface area contributed by atoms with E-state index < -0.39 is 8.07 Å². The second kappa shape index (κ2) is 5.57. The Hall–Kier alpha value is -0.613. The third-order valence-corrected chi connectivity index (χ3v) is 11.6. The fourth-order valence-corrected chi connectivity index (χ4v) is 4.46. The van der Waals surface area contributed by atoms with Crippen LogP contribution >= 0.6 is 11.3 Å². The van der Waals surface area contributed by atoms with Gasteiger partial charge in [0.25, 0.3) is 0 Å². The minimum Gasteiger partial charge on any atom is -0.415 e. The van der Waals surface area contributed by atoms with Crippen molar-refractivity contribution in [1.29, 1.82) is 0 Å². The summed E-state index contributed by atoms with van der Waals surface area (Å²) in [5, 5.41) is 2.91. The van der Waals surface area contributed by atoms with E-state index >= 15 is 0 Å². The first-order valence-corrected chi connectivity index (χ1v) is 10.3. The van der Waals surface area contributed by atoms with Gasteiger partial charge in [-0.3, -0.25) is 4.79 Å². The summed E-state index contributed by atoms with van der Waals surface area (Å²) in [7, 11) is -1.47. The molecule has 0 bridgehead atoms. The van der Waals surface area contributed by atoms with E-state index in [4.69, 9.17) is 4.74 Å². The molecule has 0 aliphatic heterocycles. The van der Waals surface area contributed by atoms with Crippen LogP contribution in [0.1, 0.15) is 34.1 Å². The summed E-state index contributed by atoms with van der Waals surface area (Å²) in [5.41, 5.74) is 0.421. The molecule has 4 heteroatoms. The van der Waals surface area contributed by atoms with Gasteiger partial charge < -0.3 is 4.74 Å². The van der Waals surface area contributed by atoms with Crippen LogP contribution in [0.2, 0.25) is 23.7 Å². The van der Waals surface area contributed by atoms with Crippen molar-refractivity contribution in [2.24, 2.45) is 0 Å². The standard InChI is InChI=1S/C14H24O2SSi/c1-11(18(5,6)14(2,3)4)10-12(15)16-13-8-7-9-17-13/h7-9,11H,10H2,1-6H3. The predicted molar refractivity (Wildman–Crippen MR) is 81.2 cm³/mol. The average molecular weight is 284 g/mol. The zero-order valence-corrected chi connectivity index (χ0v) is 14.1. The highest BCUT2D eigenvalue weighted by molar-refractivity contribution is 7.11. The lowest BCUT2D eigenvalue weighted by Crippen LogP contribution is -2.42. The molecule has 0 radical (unpaired) electrons. The van der Waals surface area contributed by atoms with Gasteiger partial charge in [-0.1, -0.05) is 40.8 Å². The fourth-order valence-electron chi connectivity index (χ4n) is 1.72. The van der Waals surface area contributed by atoms with Crippen LogP contribution in [-0.4, -0.2) is 14.0 Å². The Morgan fingerprint density at radius 2 is 2.06 bits per heavy atom. The molecule has 1 atom stereocenters. The van der Waals surface area contributed by atoms with E-state index in [0.29, 0.717) is 22.1 Å². The molecule has 102 valence electrons. The number of carbonyl (C=O) groups is 1. The van der Waals surface area contributed by atoms with E-state index in [2.05, 4.69) is 40.8 Å². The van der Waals surface area contributed by atoms with Crippen molar-refractivity contribution in [2.75, 3.05) is 0 Å². The van der Waals surface area contributed by atoms with Gasteiger partial charge in [-0.2, -0.15) is 0 Å². The van der Waals surface area contributed by atoms with E-state index in [0.717, 1.165) is 0 Å². The monoisotopic (exact) mass is 284 g/mol. The molecular formula is C14H24O2SSi. The van der Waals surface area contributed by atoms with Gasteiger partial charge in [0.2, 0.25) is 0 Å². The highest BCUT2D eigenvalue weighted by Crippen LogP contribution is 2.44. The first-order valence-electron chi connectivity index (χ1n) is 6.39. The summed E-state index contributed by atoms with van der Waals surface area (Å²) in [6.07, 6.45) is 0.522. The number of carbonyl (C=O) groups excluding carboxylic acids is 1. The molecule has 1 heterocycles. The maximum atomic E-state index is 11.9. The second-order valence-electron chi connectivity index (χ2n) is 6.48. The van der Waals surface area contributed by atoms with Crippen LogP contribution in [0.4, 0.5) is 0 Å². The molecule has 1 rings (SSSR count). The molecule has 1 aromatic rings. The van der Waals surface area contributed by atoms with E-state index in [-0.39, 0.29) is 5.97 Å². The molecule has 2 nitrogen and oxygen atoms in total. The fraction of sp³-hybridized carbons (Fsp3) is 0.643. The molecule has 0 amide bonds. The first kappa shape index (κ1) is 15.4. The van der Waals surface area contributed by atoms with E-state index in [9.17, 15) is 4.79 Å². The predicted octanol–water partition coefficient (Wildman–Crippen LogP) is 4.94. The maximum Gasteiger partial charge on any atom is 0.311 e. The van der Waals surface area contributed by atoms with Crippen molar-refractivity contribution < 1.29 is 9.53 Å². The molecule has 0 N–H and O–H groups in total. The van der Waals surface area contributed by atoms with E-state index in [1.54, 1.807) is 0 Å². The van der Waals surface area contributed by atoms with Crippen molar-refractivity contribution in [3.63, 3.8) is 0 Å². The Morgan fingerprint density at radius 3 is 2.50 bits per heavy atom. The normalized spacial score (nSPS) is 14.3. The number of rotatable bonds is 4. The number of esters is 1. The van der Waals surface area contributed by atoms with Gasteiger partial charge in [0.1, 0.15) is 0 Å². The van der Waals surface area contributed by atoms with Crippen LogP contribution in [-0.2, 0) is 4.79 Å². The van der Waals surface area contributed by atoms with Gasteiger partial charge in [-0.05, 0) is 28.1 Å². The lowest BCUT2D eigenvalue weighted by atomic mass is 10.2. The van der Waals surface area contributed by atoms with Gasteiger partial charge in [0, 0.05) is 6.42 Å². The van der Waals surface area contributed by atoms with Crippen molar-refractivity contribution in [1.82, 2.24) is 0 Å². The average Bonchev–Trinajstić information content (AvgIpc) is 2.68. The molecule has 18 heavy (non-hydrogen) atoms. The Kier molecular flexibility index (Phi) is 4.78. The van der Waals surface area contributed by atoms with Crippen molar-refractivity contribution in [3.8, 4) is 5.06 Å². The Labute approximate surface area is 115 Å².